The topological polar surface area (TPSA) is 46.6 Å². The van der Waals surface area contributed by atoms with Crippen LogP contribution >= 0.6 is 23.2 Å². The quantitative estimate of drug-likeness (QED) is 0.683. The number of ketones is 1. The van der Waals surface area contributed by atoms with Crippen LogP contribution in [0.25, 0.3) is 0 Å². The zero-order chi connectivity index (χ0) is 19.2. The molecule has 2 aromatic rings. The number of rotatable bonds is 1. The summed E-state index contributed by atoms with van der Waals surface area (Å²) < 4.78 is 20.2. The smallest absolute Gasteiger partial charge is 0.258 e. The van der Waals surface area contributed by atoms with E-state index in [-0.39, 0.29) is 22.8 Å². The van der Waals surface area contributed by atoms with Crippen molar-refractivity contribution in [2.75, 3.05) is 13.1 Å². The van der Waals surface area contributed by atoms with Crippen LogP contribution in [0.2, 0.25) is 10.0 Å². The molecule has 0 atom stereocenters. The van der Waals surface area contributed by atoms with Gasteiger partial charge in [0, 0.05) is 31.0 Å². The second-order valence-corrected chi connectivity index (χ2v) is 7.76. The summed E-state index contributed by atoms with van der Waals surface area (Å²) in [6.45, 7) is 0.722. The first-order valence-electron chi connectivity index (χ1n) is 8.64. The molecule has 2 aromatic carbocycles. The number of Topliss-reactive ketones (excluding diaryl/α,β-unsaturated/α-hetero) is 1. The van der Waals surface area contributed by atoms with Crippen LogP contribution < -0.4 is 4.74 Å². The van der Waals surface area contributed by atoms with E-state index in [1.807, 2.05) is 0 Å². The predicted molar refractivity (Wildman–Crippen MR) is 100 cm³/mol. The molecule has 4 rings (SSSR count). The van der Waals surface area contributed by atoms with Crippen molar-refractivity contribution in [2.24, 2.45) is 0 Å². The van der Waals surface area contributed by atoms with Crippen molar-refractivity contribution in [3.63, 3.8) is 0 Å². The molecule has 0 aliphatic carbocycles. The van der Waals surface area contributed by atoms with Gasteiger partial charge in [-0.25, -0.2) is 4.39 Å². The Morgan fingerprint density at radius 1 is 1.15 bits per heavy atom. The predicted octanol–water partition coefficient (Wildman–Crippen LogP) is 4.77. The van der Waals surface area contributed by atoms with Crippen LogP contribution in [0.15, 0.2) is 36.4 Å². The van der Waals surface area contributed by atoms with Crippen LogP contribution in [0.3, 0.4) is 0 Å². The molecule has 0 saturated carbocycles. The summed E-state index contributed by atoms with van der Waals surface area (Å²) in [5.41, 5.74) is -0.270. The molecule has 27 heavy (non-hydrogen) atoms. The molecule has 1 amide bonds. The summed E-state index contributed by atoms with van der Waals surface area (Å²) >= 11 is 12.0. The maximum absolute atomic E-state index is 14.0. The highest BCUT2D eigenvalue weighted by Gasteiger charge is 2.44. The maximum atomic E-state index is 14.0. The van der Waals surface area contributed by atoms with Crippen molar-refractivity contribution in [3.05, 3.63) is 63.4 Å². The van der Waals surface area contributed by atoms with Gasteiger partial charge >= 0.3 is 0 Å². The van der Waals surface area contributed by atoms with E-state index in [2.05, 4.69) is 0 Å². The largest absolute Gasteiger partial charge is 0.486 e. The van der Waals surface area contributed by atoms with Gasteiger partial charge in [0.25, 0.3) is 5.91 Å². The third kappa shape index (κ3) is 3.30. The molecule has 0 radical (unpaired) electrons. The minimum Gasteiger partial charge on any atom is -0.486 e. The first kappa shape index (κ1) is 18.3. The Morgan fingerprint density at radius 3 is 2.59 bits per heavy atom. The summed E-state index contributed by atoms with van der Waals surface area (Å²) in [5.74, 6) is -0.576. The molecule has 140 valence electrons. The molecule has 0 unspecified atom stereocenters. The average Bonchev–Trinajstić information content (AvgIpc) is 2.63. The van der Waals surface area contributed by atoms with Gasteiger partial charge in [0.1, 0.15) is 17.2 Å². The van der Waals surface area contributed by atoms with E-state index in [9.17, 15) is 14.0 Å². The second-order valence-electron chi connectivity index (χ2n) is 6.91. The Bertz CT molecular complexity index is 919. The van der Waals surface area contributed by atoms with Crippen molar-refractivity contribution >= 4 is 34.9 Å². The van der Waals surface area contributed by atoms with Gasteiger partial charge in [-0.2, -0.15) is 0 Å². The third-order valence-electron chi connectivity index (χ3n) is 5.19. The maximum Gasteiger partial charge on any atom is 0.258 e. The SMILES string of the molecule is O=C1CC2(CCN(C(=O)c3c(F)cccc3Cl)CC2)Oc2ccc(Cl)cc21. The first-order valence-corrected chi connectivity index (χ1v) is 9.39. The van der Waals surface area contributed by atoms with E-state index in [1.165, 1.54) is 18.2 Å². The van der Waals surface area contributed by atoms with E-state index in [0.29, 0.717) is 42.3 Å². The Balaban J connectivity index is 1.52. The Morgan fingerprint density at radius 2 is 1.89 bits per heavy atom. The highest BCUT2D eigenvalue weighted by atomic mass is 35.5. The number of carbonyl (C=O) groups excluding carboxylic acids is 2. The lowest BCUT2D eigenvalue weighted by atomic mass is 9.82. The third-order valence-corrected chi connectivity index (χ3v) is 5.74. The molecule has 2 heterocycles. The fraction of sp³-hybridized carbons (Fsp3) is 0.300. The fourth-order valence-corrected chi connectivity index (χ4v) is 4.14. The number of hydrogen-bond donors (Lipinski definition) is 0. The van der Waals surface area contributed by atoms with Crippen molar-refractivity contribution in [1.29, 1.82) is 0 Å². The standard InChI is InChI=1S/C20H16Cl2FNO3/c21-12-4-5-17-13(10-12)16(25)11-20(27-17)6-8-24(9-7-20)19(26)18-14(22)2-1-3-15(18)23/h1-5,10H,6-9,11H2. The Labute approximate surface area is 165 Å². The van der Waals surface area contributed by atoms with E-state index in [4.69, 9.17) is 27.9 Å². The van der Waals surface area contributed by atoms with Crippen LogP contribution in [-0.4, -0.2) is 35.3 Å². The lowest BCUT2D eigenvalue weighted by Gasteiger charge is -2.44. The number of ether oxygens (including phenoxy) is 1. The van der Waals surface area contributed by atoms with Crippen LogP contribution in [0.5, 0.6) is 5.75 Å². The van der Waals surface area contributed by atoms with Crippen LogP contribution in [0.4, 0.5) is 4.39 Å². The van der Waals surface area contributed by atoms with Crippen molar-refractivity contribution in [1.82, 2.24) is 4.90 Å². The van der Waals surface area contributed by atoms with Crippen LogP contribution in [0.1, 0.15) is 40.0 Å². The number of nitrogens with zero attached hydrogens (tertiary/aromatic N) is 1. The summed E-state index contributed by atoms with van der Waals surface area (Å²) in [6.07, 6.45) is 1.21. The van der Waals surface area contributed by atoms with Gasteiger partial charge in [-0.05, 0) is 30.3 Å². The lowest BCUT2D eigenvalue weighted by molar-refractivity contribution is -0.00578. The molecule has 1 fully saturated rings. The zero-order valence-corrected chi connectivity index (χ0v) is 15.8. The number of halogens is 3. The fourth-order valence-electron chi connectivity index (χ4n) is 3.72. The zero-order valence-electron chi connectivity index (χ0n) is 14.3. The molecule has 0 bridgehead atoms. The van der Waals surface area contributed by atoms with E-state index in [1.54, 1.807) is 23.1 Å². The Hall–Kier alpha value is -2.11. The normalized spacial score (nSPS) is 18.2. The molecule has 1 saturated heterocycles. The molecule has 0 aromatic heterocycles. The number of carbonyl (C=O) groups is 2. The number of likely N-dealkylation sites (tertiary alicyclic amines) is 1. The molecular formula is C20H16Cl2FNO3. The number of amides is 1. The number of piperidine rings is 1. The van der Waals surface area contributed by atoms with Gasteiger partial charge in [-0.1, -0.05) is 29.3 Å². The van der Waals surface area contributed by atoms with E-state index >= 15 is 0 Å². The van der Waals surface area contributed by atoms with E-state index < -0.39 is 17.3 Å². The van der Waals surface area contributed by atoms with Crippen molar-refractivity contribution in [2.45, 2.75) is 24.9 Å². The molecule has 7 heteroatoms. The molecule has 1 spiro atoms. The van der Waals surface area contributed by atoms with Crippen LogP contribution in [0, 0.1) is 5.82 Å². The van der Waals surface area contributed by atoms with E-state index in [0.717, 1.165) is 0 Å². The van der Waals surface area contributed by atoms with Gasteiger partial charge in [0.2, 0.25) is 0 Å². The molecule has 2 aliphatic heterocycles. The molecule has 4 nitrogen and oxygen atoms in total. The highest BCUT2D eigenvalue weighted by Crippen LogP contribution is 2.40. The number of benzene rings is 2. The van der Waals surface area contributed by atoms with Gasteiger partial charge in [0.15, 0.2) is 5.78 Å². The lowest BCUT2D eigenvalue weighted by Crippen LogP contribution is -2.52. The summed E-state index contributed by atoms with van der Waals surface area (Å²) in [7, 11) is 0. The van der Waals surface area contributed by atoms with Gasteiger partial charge in [-0.15, -0.1) is 0 Å². The first-order chi connectivity index (χ1) is 12.9. The number of hydrogen-bond acceptors (Lipinski definition) is 3. The van der Waals surface area contributed by atoms with Crippen LogP contribution in [-0.2, 0) is 0 Å². The minimum atomic E-state index is -0.645. The molecule has 2 aliphatic rings. The highest BCUT2D eigenvalue weighted by molar-refractivity contribution is 6.33. The van der Waals surface area contributed by atoms with Gasteiger partial charge in [-0.3, -0.25) is 9.59 Å². The summed E-state index contributed by atoms with van der Waals surface area (Å²) in [5, 5.41) is 0.582. The molecule has 0 N–H and O–H groups in total. The van der Waals surface area contributed by atoms with Gasteiger partial charge < -0.3 is 9.64 Å². The van der Waals surface area contributed by atoms with Gasteiger partial charge in [0.05, 0.1) is 22.6 Å². The number of fused-ring (bicyclic) bond motifs is 1. The van der Waals surface area contributed by atoms with Crippen molar-refractivity contribution in [3.8, 4) is 5.75 Å². The second kappa shape index (κ2) is 6.80. The average molecular weight is 408 g/mol. The Kier molecular flexibility index (Phi) is 4.60. The van der Waals surface area contributed by atoms with Crippen molar-refractivity contribution < 1.29 is 18.7 Å². The monoisotopic (exact) mass is 407 g/mol. The summed E-state index contributed by atoms with van der Waals surface area (Å²) in [6, 6.07) is 9.18. The minimum absolute atomic E-state index is 0.0179. The molecular weight excluding hydrogens is 392 g/mol. The summed E-state index contributed by atoms with van der Waals surface area (Å²) in [4.78, 5) is 26.8.